The number of benzene rings is 2. The number of likely N-dealkylation sites (tertiary alicyclic amines) is 2. The Kier molecular flexibility index (Phi) is 8.97. The first-order valence-corrected chi connectivity index (χ1v) is 13.2. The van der Waals surface area contributed by atoms with E-state index in [0.717, 1.165) is 55.6 Å². The van der Waals surface area contributed by atoms with Gasteiger partial charge >= 0.3 is 0 Å². The zero-order chi connectivity index (χ0) is 25.5. The van der Waals surface area contributed by atoms with Crippen molar-refractivity contribution in [2.75, 3.05) is 32.8 Å². The molecule has 2 aromatic rings. The van der Waals surface area contributed by atoms with Crippen molar-refractivity contribution in [1.29, 1.82) is 0 Å². The van der Waals surface area contributed by atoms with Crippen LogP contribution in [0.5, 0.6) is 5.75 Å². The van der Waals surface area contributed by atoms with E-state index in [-0.39, 0.29) is 5.91 Å². The van der Waals surface area contributed by atoms with E-state index in [9.17, 15) is 14.0 Å². The average Bonchev–Trinajstić information content (AvgIpc) is 3.39. The van der Waals surface area contributed by atoms with E-state index >= 15 is 0 Å². The molecule has 2 amide bonds. The highest BCUT2D eigenvalue weighted by Gasteiger charge is 2.34. The van der Waals surface area contributed by atoms with Crippen molar-refractivity contribution < 1.29 is 18.7 Å². The third-order valence-corrected chi connectivity index (χ3v) is 7.42. The Morgan fingerprint density at radius 2 is 1.78 bits per heavy atom. The van der Waals surface area contributed by atoms with E-state index in [1.54, 1.807) is 11.0 Å². The first kappa shape index (κ1) is 26.1. The number of piperidine rings is 1. The predicted molar refractivity (Wildman–Crippen MR) is 140 cm³/mol. The second-order valence-electron chi connectivity index (χ2n) is 10.1. The number of alkyl halides is 1. The van der Waals surface area contributed by atoms with Crippen LogP contribution in [0, 0.1) is 5.92 Å². The Morgan fingerprint density at radius 3 is 2.47 bits per heavy atom. The van der Waals surface area contributed by atoms with Gasteiger partial charge in [0, 0.05) is 18.7 Å². The van der Waals surface area contributed by atoms with E-state index in [1.165, 1.54) is 0 Å². The second kappa shape index (κ2) is 12.3. The summed E-state index contributed by atoms with van der Waals surface area (Å²) in [6, 6.07) is 14.7. The molecule has 2 aromatic carbocycles. The van der Waals surface area contributed by atoms with Crippen molar-refractivity contribution in [2.24, 2.45) is 11.7 Å². The van der Waals surface area contributed by atoms with Crippen molar-refractivity contribution in [3.05, 3.63) is 54.1 Å². The minimum Gasteiger partial charge on any atom is -0.493 e. The number of carbonyl (C=O) groups excluding carboxylic acids is 2. The molecule has 0 saturated carbocycles. The van der Waals surface area contributed by atoms with Crippen LogP contribution in [0.4, 0.5) is 4.39 Å². The molecule has 7 heteroatoms. The highest BCUT2D eigenvalue weighted by Crippen LogP contribution is 2.29. The van der Waals surface area contributed by atoms with Crippen LogP contribution >= 0.6 is 0 Å². The van der Waals surface area contributed by atoms with Gasteiger partial charge in [0.25, 0.3) is 5.91 Å². The number of carbonyl (C=O) groups is 2. The lowest BCUT2D eigenvalue weighted by Crippen LogP contribution is -2.43. The van der Waals surface area contributed by atoms with Gasteiger partial charge in [0.2, 0.25) is 5.91 Å². The van der Waals surface area contributed by atoms with Crippen molar-refractivity contribution in [2.45, 2.75) is 57.7 Å². The fourth-order valence-corrected chi connectivity index (χ4v) is 5.35. The van der Waals surface area contributed by atoms with Gasteiger partial charge in [0.05, 0.1) is 6.61 Å². The average molecular weight is 496 g/mol. The highest BCUT2D eigenvalue weighted by molar-refractivity contribution is 6.03. The lowest BCUT2D eigenvalue weighted by molar-refractivity contribution is -0.121. The molecule has 0 radical (unpaired) electrons. The summed E-state index contributed by atoms with van der Waals surface area (Å²) in [6.07, 6.45) is 4.25. The molecule has 0 aliphatic carbocycles. The van der Waals surface area contributed by atoms with E-state index in [4.69, 9.17) is 10.5 Å². The van der Waals surface area contributed by atoms with Crippen LogP contribution in [-0.4, -0.2) is 66.6 Å². The van der Waals surface area contributed by atoms with Crippen LogP contribution in [0.3, 0.4) is 0 Å². The summed E-state index contributed by atoms with van der Waals surface area (Å²) in [7, 11) is 0. The zero-order valence-corrected chi connectivity index (χ0v) is 21.2. The lowest BCUT2D eigenvalue weighted by atomic mass is 9.97. The van der Waals surface area contributed by atoms with Gasteiger partial charge < -0.3 is 20.3 Å². The molecule has 1 unspecified atom stereocenters. The summed E-state index contributed by atoms with van der Waals surface area (Å²) in [5.74, 6) is 0.660. The van der Waals surface area contributed by atoms with Gasteiger partial charge in [-0.2, -0.15) is 0 Å². The number of primary amides is 1. The molecule has 2 N–H and O–H groups in total. The number of rotatable bonds is 10. The summed E-state index contributed by atoms with van der Waals surface area (Å²) in [4.78, 5) is 28.9. The first-order chi connectivity index (χ1) is 17.5. The highest BCUT2D eigenvalue weighted by atomic mass is 19.1. The van der Waals surface area contributed by atoms with Crippen molar-refractivity contribution >= 4 is 11.8 Å². The Balaban J connectivity index is 1.33. The lowest BCUT2D eigenvalue weighted by Gasteiger charge is -2.32. The van der Waals surface area contributed by atoms with Crippen LogP contribution in [0.2, 0.25) is 0 Å². The second-order valence-corrected chi connectivity index (χ2v) is 10.1. The quantitative estimate of drug-likeness (QED) is 0.520. The summed E-state index contributed by atoms with van der Waals surface area (Å²) in [5.41, 5.74) is 7.84. The number of hydrogen-bond donors (Lipinski definition) is 1. The van der Waals surface area contributed by atoms with E-state index in [1.807, 2.05) is 49.4 Å². The SMILES string of the molecule is CCC[C@H](F)CN1CCC(COc2ccc(-c3ccccc3C(=O)N3CCCC3C(N)=O)cc2)CC1. The predicted octanol–water partition coefficient (Wildman–Crippen LogP) is 4.67. The maximum absolute atomic E-state index is 13.9. The molecule has 4 rings (SSSR count). The standard InChI is InChI=1S/C29H38FN3O3/c1-2-6-23(30)19-32-17-14-21(15-18-32)20-36-24-12-10-22(11-13-24)25-7-3-4-8-26(25)29(35)33-16-5-9-27(33)28(31)34/h3-4,7-8,10-13,21,23,27H,2,5-6,9,14-20H2,1H3,(H2,31,34)/t23-,27?/m0/s1. The summed E-state index contributed by atoms with van der Waals surface area (Å²) in [5, 5.41) is 0. The Hall–Kier alpha value is -2.93. The fourth-order valence-electron chi connectivity index (χ4n) is 5.35. The summed E-state index contributed by atoms with van der Waals surface area (Å²) >= 11 is 0. The number of amides is 2. The first-order valence-electron chi connectivity index (χ1n) is 13.2. The van der Waals surface area contributed by atoms with E-state index < -0.39 is 18.1 Å². The third-order valence-electron chi connectivity index (χ3n) is 7.42. The normalized spacial score (nSPS) is 19.8. The van der Waals surface area contributed by atoms with Crippen molar-refractivity contribution in [3.8, 4) is 16.9 Å². The Labute approximate surface area is 213 Å². The largest absolute Gasteiger partial charge is 0.493 e. The smallest absolute Gasteiger partial charge is 0.255 e. The number of ether oxygens (including phenoxy) is 1. The molecule has 2 saturated heterocycles. The molecule has 2 aliphatic heterocycles. The molecule has 2 atom stereocenters. The van der Waals surface area contributed by atoms with Crippen molar-refractivity contribution in [1.82, 2.24) is 9.80 Å². The maximum Gasteiger partial charge on any atom is 0.255 e. The van der Waals surface area contributed by atoms with Crippen molar-refractivity contribution in [3.63, 3.8) is 0 Å². The van der Waals surface area contributed by atoms with Gasteiger partial charge in [-0.05, 0) is 80.4 Å². The minimum absolute atomic E-state index is 0.160. The molecule has 2 heterocycles. The van der Waals surface area contributed by atoms with Gasteiger partial charge in [-0.3, -0.25) is 9.59 Å². The van der Waals surface area contributed by atoms with Crippen LogP contribution in [0.25, 0.3) is 11.1 Å². The van der Waals surface area contributed by atoms with Crippen LogP contribution in [0.1, 0.15) is 55.8 Å². The molecule has 0 bridgehead atoms. The van der Waals surface area contributed by atoms with E-state index in [0.29, 0.717) is 44.0 Å². The molecule has 0 spiro atoms. The van der Waals surface area contributed by atoms with Gasteiger partial charge in [-0.15, -0.1) is 0 Å². The fraction of sp³-hybridized carbons (Fsp3) is 0.517. The van der Waals surface area contributed by atoms with Gasteiger partial charge in [-0.25, -0.2) is 4.39 Å². The van der Waals surface area contributed by atoms with E-state index in [2.05, 4.69) is 4.90 Å². The molecule has 2 aliphatic rings. The van der Waals surface area contributed by atoms with Crippen LogP contribution in [-0.2, 0) is 4.79 Å². The molecule has 6 nitrogen and oxygen atoms in total. The topological polar surface area (TPSA) is 75.9 Å². The van der Waals surface area contributed by atoms with Gasteiger partial charge in [-0.1, -0.05) is 43.7 Å². The molecular weight excluding hydrogens is 457 g/mol. The maximum atomic E-state index is 13.9. The number of halogens is 1. The zero-order valence-electron chi connectivity index (χ0n) is 21.2. The summed E-state index contributed by atoms with van der Waals surface area (Å²) < 4.78 is 20.0. The Morgan fingerprint density at radius 1 is 1.06 bits per heavy atom. The van der Waals surface area contributed by atoms with Gasteiger partial charge in [0.15, 0.2) is 0 Å². The van der Waals surface area contributed by atoms with Crippen LogP contribution < -0.4 is 10.5 Å². The molecule has 2 fully saturated rings. The summed E-state index contributed by atoms with van der Waals surface area (Å²) in [6.45, 7) is 5.62. The third kappa shape index (κ3) is 6.44. The molecule has 194 valence electrons. The number of nitrogens with zero attached hydrogens (tertiary/aromatic N) is 2. The van der Waals surface area contributed by atoms with Gasteiger partial charge in [0.1, 0.15) is 18.0 Å². The monoisotopic (exact) mass is 495 g/mol. The number of hydrogen-bond acceptors (Lipinski definition) is 4. The molecular formula is C29H38FN3O3. The molecule has 0 aromatic heterocycles. The molecule has 36 heavy (non-hydrogen) atoms. The minimum atomic E-state index is -0.721. The Bertz CT molecular complexity index is 1020. The van der Waals surface area contributed by atoms with Crippen LogP contribution in [0.15, 0.2) is 48.5 Å². The number of nitrogens with two attached hydrogens (primary N) is 1.